The molecule has 1 aromatic rings. The first-order valence-electron chi connectivity index (χ1n) is 9.34. The molecule has 2 aliphatic heterocycles. The molecule has 6 heteroatoms. The summed E-state index contributed by atoms with van der Waals surface area (Å²) in [6.07, 6.45) is 9.60. The fraction of sp³-hybridized carbons (Fsp3) is 0.778. The molecule has 1 amide bonds. The van der Waals surface area contributed by atoms with E-state index in [4.69, 9.17) is 4.74 Å². The van der Waals surface area contributed by atoms with Gasteiger partial charge in [0.2, 0.25) is 0 Å². The molecule has 1 atom stereocenters. The predicted octanol–water partition coefficient (Wildman–Crippen LogP) is 2.84. The first kappa shape index (κ1) is 17.3. The summed E-state index contributed by atoms with van der Waals surface area (Å²) in [5.41, 5.74) is 1.24. The molecule has 2 fully saturated rings. The van der Waals surface area contributed by atoms with Gasteiger partial charge in [0, 0.05) is 38.4 Å². The molecule has 3 rings (SSSR count). The van der Waals surface area contributed by atoms with Gasteiger partial charge in [0.1, 0.15) is 0 Å². The smallest absolute Gasteiger partial charge is 0.409 e. The lowest BCUT2D eigenvalue weighted by Gasteiger charge is -2.37. The van der Waals surface area contributed by atoms with E-state index < -0.39 is 0 Å². The minimum absolute atomic E-state index is 0.147. The van der Waals surface area contributed by atoms with Gasteiger partial charge in [0.05, 0.1) is 18.8 Å². The summed E-state index contributed by atoms with van der Waals surface area (Å²) in [6.45, 7) is 8.34. The molecule has 0 N–H and O–H groups in total. The molecular formula is C18H30N4O2. The second-order valence-electron chi connectivity index (χ2n) is 7.04. The van der Waals surface area contributed by atoms with Gasteiger partial charge in [-0.05, 0) is 51.5 Å². The van der Waals surface area contributed by atoms with E-state index in [0.29, 0.717) is 18.7 Å². The third kappa shape index (κ3) is 4.09. The molecule has 1 aromatic heterocycles. The number of ether oxygens (including phenoxy) is 1. The van der Waals surface area contributed by atoms with E-state index in [9.17, 15) is 4.79 Å². The normalized spacial score (nSPS) is 23.9. The number of likely N-dealkylation sites (tertiary alicyclic amines) is 2. The number of nitrogens with zero attached hydrogens (tertiary/aromatic N) is 4. The Bertz CT molecular complexity index is 537. The highest BCUT2D eigenvalue weighted by molar-refractivity contribution is 5.67. The SMILES string of the molecule is CCOC(=O)N1CCCC(N2CCC(n3cc(C)cn3)CC2)CC1. The average molecular weight is 334 g/mol. The zero-order valence-corrected chi connectivity index (χ0v) is 15.0. The molecule has 3 heterocycles. The number of aryl methyl sites for hydroxylation is 1. The average Bonchev–Trinajstić information content (AvgIpc) is 2.88. The van der Waals surface area contributed by atoms with E-state index in [-0.39, 0.29) is 6.09 Å². The predicted molar refractivity (Wildman–Crippen MR) is 93.0 cm³/mol. The monoisotopic (exact) mass is 334 g/mol. The summed E-state index contributed by atoms with van der Waals surface area (Å²) in [5, 5.41) is 4.48. The highest BCUT2D eigenvalue weighted by Gasteiger charge is 2.29. The molecule has 0 bridgehead atoms. The van der Waals surface area contributed by atoms with Crippen molar-refractivity contribution in [1.82, 2.24) is 19.6 Å². The van der Waals surface area contributed by atoms with Gasteiger partial charge >= 0.3 is 6.09 Å². The van der Waals surface area contributed by atoms with E-state index in [0.717, 1.165) is 39.0 Å². The Balaban J connectivity index is 1.49. The Morgan fingerprint density at radius 2 is 1.92 bits per heavy atom. The van der Waals surface area contributed by atoms with Crippen LogP contribution in [0.15, 0.2) is 12.4 Å². The third-order valence-electron chi connectivity index (χ3n) is 5.34. The van der Waals surface area contributed by atoms with Crippen LogP contribution in [0.3, 0.4) is 0 Å². The second-order valence-corrected chi connectivity index (χ2v) is 7.04. The third-order valence-corrected chi connectivity index (χ3v) is 5.34. The van der Waals surface area contributed by atoms with Crippen LogP contribution < -0.4 is 0 Å². The van der Waals surface area contributed by atoms with Crippen LogP contribution in [0.1, 0.15) is 50.6 Å². The number of rotatable bonds is 3. The quantitative estimate of drug-likeness (QED) is 0.853. The summed E-state index contributed by atoms with van der Waals surface area (Å²) in [7, 11) is 0. The van der Waals surface area contributed by atoms with Crippen molar-refractivity contribution < 1.29 is 9.53 Å². The molecule has 0 aromatic carbocycles. The van der Waals surface area contributed by atoms with Crippen molar-refractivity contribution in [2.45, 2.75) is 58.0 Å². The van der Waals surface area contributed by atoms with Crippen LogP contribution in [-0.4, -0.2) is 64.5 Å². The Morgan fingerprint density at radius 3 is 2.58 bits per heavy atom. The van der Waals surface area contributed by atoms with Crippen LogP contribution in [0, 0.1) is 6.92 Å². The molecule has 6 nitrogen and oxygen atoms in total. The summed E-state index contributed by atoms with van der Waals surface area (Å²) in [5.74, 6) is 0. The van der Waals surface area contributed by atoms with Gasteiger partial charge in [0.25, 0.3) is 0 Å². The Morgan fingerprint density at radius 1 is 1.17 bits per heavy atom. The Labute approximate surface area is 144 Å². The van der Waals surface area contributed by atoms with Crippen molar-refractivity contribution in [2.75, 3.05) is 32.8 Å². The van der Waals surface area contributed by atoms with Crippen LogP contribution in [0.4, 0.5) is 4.79 Å². The summed E-state index contributed by atoms with van der Waals surface area (Å²) >= 11 is 0. The van der Waals surface area contributed by atoms with E-state index in [1.165, 1.54) is 24.8 Å². The number of piperidine rings is 1. The topological polar surface area (TPSA) is 50.6 Å². The number of carbonyl (C=O) groups is 1. The Hall–Kier alpha value is -1.56. The summed E-state index contributed by atoms with van der Waals surface area (Å²) < 4.78 is 7.29. The molecule has 0 aliphatic carbocycles. The number of hydrogen-bond donors (Lipinski definition) is 0. The minimum atomic E-state index is -0.147. The lowest BCUT2D eigenvalue weighted by atomic mass is 10.00. The van der Waals surface area contributed by atoms with Crippen molar-refractivity contribution in [3.8, 4) is 0 Å². The van der Waals surface area contributed by atoms with Gasteiger partial charge in [-0.3, -0.25) is 4.68 Å². The van der Waals surface area contributed by atoms with Crippen LogP contribution >= 0.6 is 0 Å². The van der Waals surface area contributed by atoms with Crippen molar-refractivity contribution in [3.63, 3.8) is 0 Å². The maximum atomic E-state index is 11.9. The first-order chi connectivity index (χ1) is 11.7. The zero-order chi connectivity index (χ0) is 16.9. The number of carbonyl (C=O) groups excluding carboxylic acids is 1. The maximum Gasteiger partial charge on any atom is 0.409 e. The van der Waals surface area contributed by atoms with Crippen molar-refractivity contribution in [3.05, 3.63) is 18.0 Å². The van der Waals surface area contributed by atoms with Crippen LogP contribution in [0.5, 0.6) is 0 Å². The molecule has 0 saturated carbocycles. The lowest BCUT2D eigenvalue weighted by molar-refractivity contribution is 0.103. The zero-order valence-electron chi connectivity index (χ0n) is 15.0. The molecule has 24 heavy (non-hydrogen) atoms. The van der Waals surface area contributed by atoms with E-state index >= 15 is 0 Å². The van der Waals surface area contributed by atoms with Gasteiger partial charge in [-0.1, -0.05) is 0 Å². The number of aromatic nitrogens is 2. The summed E-state index contributed by atoms with van der Waals surface area (Å²) in [4.78, 5) is 16.4. The molecule has 1 unspecified atom stereocenters. The molecule has 0 radical (unpaired) electrons. The molecule has 0 spiro atoms. The van der Waals surface area contributed by atoms with Crippen molar-refractivity contribution in [1.29, 1.82) is 0 Å². The fourth-order valence-corrected chi connectivity index (χ4v) is 3.99. The van der Waals surface area contributed by atoms with Crippen molar-refractivity contribution >= 4 is 6.09 Å². The van der Waals surface area contributed by atoms with E-state index in [1.54, 1.807) is 0 Å². The van der Waals surface area contributed by atoms with Crippen molar-refractivity contribution in [2.24, 2.45) is 0 Å². The van der Waals surface area contributed by atoms with Gasteiger partial charge in [0.15, 0.2) is 0 Å². The maximum absolute atomic E-state index is 11.9. The highest BCUT2D eigenvalue weighted by atomic mass is 16.6. The van der Waals surface area contributed by atoms with Crippen LogP contribution in [0.25, 0.3) is 0 Å². The van der Waals surface area contributed by atoms with Crippen LogP contribution in [0.2, 0.25) is 0 Å². The lowest BCUT2D eigenvalue weighted by Crippen LogP contribution is -2.42. The van der Waals surface area contributed by atoms with Gasteiger partial charge in [-0.25, -0.2) is 4.79 Å². The summed E-state index contributed by atoms with van der Waals surface area (Å²) in [6, 6.07) is 1.14. The first-order valence-corrected chi connectivity index (χ1v) is 9.34. The molecule has 134 valence electrons. The molecular weight excluding hydrogens is 304 g/mol. The number of amides is 1. The fourth-order valence-electron chi connectivity index (χ4n) is 3.99. The largest absolute Gasteiger partial charge is 0.450 e. The highest BCUT2D eigenvalue weighted by Crippen LogP contribution is 2.26. The standard InChI is InChI=1S/C18H30N4O2/c1-3-24-18(23)21-9-4-5-16(6-12-21)20-10-7-17(8-11-20)22-14-15(2)13-19-22/h13-14,16-17H,3-12H2,1-2H3. The van der Waals surface area contributed by atoms with Gasteiger partial charge in [-0.15, -0.1) is 0 Å². The molecule has 2 aliphatic rings. The second kappa shape index (κ2) is 8.01. The van der Waals surface area contributed by atoms with E-state index in [1.807, 2.05) is 18.0 Å². The Kier molecular flexibility index (Phi) is 5.76. The van der Waals surface area contributed by atoms with Crippen LogP contribution in [-0.2, 0) is 4.74 Å². The minimum Gasteiger partial charge on any atom is -0.450 e. The number of hydrogen-bond acceptors (Lipinski definition) is 4. The van der Waals surface area contributed by atoms with Gasteiger partial charge < -0.3 is 14.5 Å². The van der Waals surface area contributed by atoms with E-state index in [2.05, 4.69) is 27.8 Å². The van der Waals surface area contributed by atoms with Gasteiger partial charge in [-0.2, -0.15) is 5.10 Å². The molecule has 2 saturated heterocycles.